The van der Waals surface area contributed by atoms with Crippen LogP contribution in [0, 0.1) is 6.92 Å². The highest BCUT2D eigenvalue weighted by Gasteiger charge is 2.27. The summed E-state index contributed by atoms with van der Waals surface area (Å²) in [5.41, 5.74) is 3.57. The molecule has 5 nitrogen and oxygen atoms in total. The minimum atomic E-state index is 0.395. The molecule has 0 unspecified atom stereocenters. The lowest BCUT2D eigenvalue weighted by atomic mass is 10.2. The van der Waals surface area contributed by atoms with E-state index in [1.54, 1.807) is 0 Å². The Morgan fingerprint density at radius 1 is 1.29 bits per heavy atom. The summed E-state index contributed by atoms with van der Waals surface area (Å²) >= 11 is 0. The molecule has 3 rings (SSSR count). The molecule has 114 valence electrons. The number of anilines is 1. The molecule has 0 bridgehead atoms. The maximum atomic E-state index is 4.79. The third kappa shape index (κ3) is 2.96. The Morgan fingerprint density at radius 2 is 2.05 bits per heavy atom. The van der Waals surface area contributed by atoms with Gasteiger partial charge < -0.3 is 5.32 Å². The Kier molecular flexibility index (Phi) is 3.74. The van der Waals surface area contributed by atoms with E-state index in [-0.39, 0.29) is 0 Å². The second kappa shape index (κ2) is 5.54. The third-order valence-electron chi connectivity index (χ3n) is 3.97. The van der Waals surface area contributed by atoms with Crippen LogP contribution in [-0.2, 0) is 13.1 Å². The smallest absolute Gasteiger partial charge is 0.124 e. The van der Waals surface area contributed by atoms with Gasteiger partial charge in [-0.3, -0.25) is 4.68 Å². The topological polar surface area (TPSA) is 47.7 Å². The van der Waals surface area contributed by atoms with E-state index in [4.69, 9.17) is 5.10 Å². The third-order valence-corrected chi connectivity index (χ3v) is 3.97. The molecule has 2 heterocycles. The first-order chi connectivity index (χ1) is 10.1. The predicted molar refractivity (Wildman–Crippen MR) is 84.6 cm³/mol. The molecular weight excluding hydrogens is 262 g/mol. The first-order valence-electron chi connectivity index (χ1n) is 7.95. The molecule has 1 aliphatic rings. The van der Waals surface area contributed by atoms with Crippen molar-refractivity contribution in [2.75, 3.05) is 5.32 Å². The number of aryl methyl sites for hydroxylation is 2. The van der Waals surface area contributed by atoms with Crippen LogP contribution in [0.1, 0.15) is 62.7 Å². The summed E-state index contributed by atoms with van der Waals surface area (Å²) in [6.45, 7) is 10.2. The Bertz CT molecular complexity index is 619. The van der Waals surface area contributed by atoms with E-state index in [9.17, 15) is 0 Å². The fourth-order valence-electron chi connectivity index (χ4n) is 2.72. The number of hydrogen-bond acceptors (Lipinski definition) is 3. The van der Waals surface area contributed by atoms with E-state index in [1.807, 2.05) is 11.6 Å². The molecule has 0 radical (unpaired) electrons. The summed E-state index contributed by atoms with van der Waals surface area (Å²) in [6.07, 6.45) is 2.59. The van der Waals surface area contributed by atoms with Gasteiger partial charge in [-0.05, 0) is 46.6 Å². The van der Waals surface area contributed by atoms with Crippen LogP contribution >= 0.6 is 0 Å². The molecule has 1 aliphatic carbocycles. The molecule has 2 aromatic rings. The largest absolute Gasteiger partial charge is 0.365 e. The first kappa shape index (κ1) is 14.2. The molecule has 1 fully saturated rings. The second-order valence-corrected chi connectivity index (χ2v) is 6.21. The van der Waals surface area contributed by atoms with Crippen molar-refractivity contribution in [3.8, 4) is 0 Å². The average molecular weight is 287 g/mol. The minimum Gasteiger partial charge on any atom is -0.365 e. The zero-order valence-electron chi connectivity index (χ0n) is 13.4. The number of hydrogen-bond donors (Lipinski definition) is 1. The summed E-state index contributed by atoms with van der Waals surface area (Å²) in [5.74, 6) is 1.78. The lowest BCUT2D eigenvalue weighted by Gasteiger charge is -2.12. The molecule has 2 aromatic heterocycles. The van der Waals surface area contributed by atoms with Crippen molar-refractivity contribution < 1.29 is 0 Å². The molecule has 1 N–H and O–H groups in total. The van der Waals surface area contributed by atoms with Crippen molar-refractivity contribution in [1.82, 2.24) is 19.6 Å². The summed E-state index contributed by atoms with van der Waals surface area (Å²) in [7, 11) is 0. The highest BCUT2D eigenvalue weighted by atomic mass is 15.3. The van der Waals surface area contributed by atoms with Gasteiger partial charge in [0.15, 0.2) is 0 Å². The van der Waals surface area contributed by atoms with E-state index >= 15 is 0 Å². The van der Waals surface area contributed by atoms with Crippen LogP contribution in [0.4, 0.5) is 5.82 Å². The van der Waals surface area contributed by atoms with Crippen molar-refractivity contribution in [3.05, 3.63) is 29.2 Å². The lowest BCUT2D eigenvalue weighted by molar-refractivity contribution is 0.507. The Labute approximate surface area is 126 Å². The van der Waals surface area contributed by atoms with Crippen LogP contribution in [0.25, 0.3) is 0 Å². The fourth-order valence-corrected chi connectivity index (χ4v) is 2.72. The van der Waals surface area contributed by atoms with E-state index in [1.165, 1.54) is 24.2 Å². The Morgan fingerprint density at radius 3 is 2.67 bits per heavy atom. The van der Waals surface area contributed by atoms with E-state index in [2.05, 4.69) is 48.0 Å². The van der Waals surface area contributed by atoms with Crippen LogP contribution in [0.3, 0.4) is 0 Å². The highest BCUT2D eigenvalue weighted by molar-refractivity contribution is 5.37. The van der Waals surface area contributed by atoms with E-state index in [0.717, 1.165) is 24.6 Å². The molecule has 0 spiro atoms. The average Bonchev–Trinajstić information content (AvgIpc) is 3.10. The first-order valence-corrected chi connectivity index (χ1v) is 7.95. The zero-order valence-corrected chi connectivity index (χ0v) is 13.4. The van der Waals surface area contributed by atoms with Crippen molar-refractivity contribution in [1.29, 1.82) is 0 Å². The van der Waals surface area contributed by atoms with Crippen molar-refractivity contribution in [3.63, 3.8) is 0 Å². The van der Waals surface area contributed by atoms with Crippen LogP contribution in [-0.4, -0.2) is 19.6 Å². The van der Waals surface area contributed by atoms with Gasteiger partial charge in [0.05, 0.1) is 23.6 Å². The molecule has 21 heavy (non-hydrogen) atoms. The predicted octanol–water partition coefficient (Wildman–Crippen LogP) is 3.48. The van der Waals surface area contributed by atoms with E-state index < -0.39 is 0 Å². The SMILES string of the molecule is CCn1nc(C)cc1NCc1cc(C2CC2)nn1C(C)C. The maximum Gasteiger partial charge on any atom is 0.124 e. The van der Waals surface area contributed by atoms with Gasteiger partial charge in [0.1, 0.15) is 5.82 Å². The number of rotatable bonds is 6. The lowest BCUT2D eigenvalue weighted by Crippen LogP contribution is -2.13. The molecule has 0 amide bonds. The molecule has 0 saturated heterocycles. The number of aromatic nitrogens is 4. The highest BCUT2D eigenvalue weighted by Crippen LogP contribution is 2.39. The van der Waals surface area contributed by atoms with Gasteiger partial charge in [-0.1, -0.05) is 0 Å². The molecule has 0 atom stereocenters. The van der Waals surface area contributed by atoms with Crippen LogP contribution in [0.15, 0.2) is 12.1 Å². The number of nitrogens with zero attached hydrogens (tertiary/aromatic N) is 4. The van der Waals surface area contributed by atoms with Crippen LogP contribution < -0.4 is 5.32 Å². The molecular formula is C16H25N5. The number of nitrogens with one attached hydrogen (secondary N) is 1. The van der Waals surface area contributed by atoms with Crippen LogP contribution in [0.2, 0.25) is 0 Å². The van der Waals surface area contributed by atoms with Crippen molar-refractivity contribution >= 4 is 5.82 Å². The maximum absolute atomic E-state index is 4.79. The van der Waals surface area contributed by atoms with Gasteiger partial charge in [-0.2, -0.15) is 10.2 Å². The van der Waals surface area contributed by atoms with Gasteiger partial charge in [0.2, 0.25) is 0 Å². The Balaban J connectivity index is 1.77. The zero-order chi connectivity index (χ0) is 15.0. The van der Waals surface area contributed by atoms with Crippen molar-refractivity contribution in [2.45, 2.75) is 65.6 Å². The van der Waals surface area contributed by atoms with Gasteiger partial charge in [-0.15, -0.1) is 0 Å². The summed E-state index contributed by atoms with van der Waals surface area (Å²) in [4.78, 5) is 0. The fraction of sp³-hybridized carbons (Fsp3) is 0.625. The summed E-state index contributed by atoms with van der Waals surface area (Å²) in [6, 6.07) is 4.76. The molecule has 0 aliphatic heterocycles. The van der Waals surface area contributed by atoms with Gasteiger partial charge in [0, 0.05) is 24.6 Å². The quantitative estimate of drug-likeness (QED) is 0.885. The minimum absolute atomic E-state index is 0.395. The second-order valence-electron chi connectivity index (χ2n) is 6.21. The summed E-state index contributed by atoms with van der Waals surface area (Å²) < 4.78 is 4.16. The van der Waals surface area contributed by atoms with Gasteiger partial charge in [0.25, 0.3) is 0 Å². The van der Waals surface area contributed by atoms with Crippen molar-refractivity contribution in [2.24, 2.45) is 0 Å². The van der Waals surface area contributed by atoms with E-state index in [0.29, 0.717) is 12.0 Å². The molecule has 5 heteroatoms. The monoisotopic (exact) mass is 287 g/mol. The summed E-state index contributed by atoms with van der Waals surface area (Å²) in [5, 5.41) is 12.8. The standard InChI is InChI=1S/C16H25N5/c1-5-20-16(8-12(4)18-20)17-10-14-9-15(13-6-7-13)19-21(14)11(2)3/h8-9,11,13,17H,5-7,10H2,1-4H3. The van der Waals surface area contributed by atoms with Gasteiger partial charge >= 0.3 is 0 Å². The molecule has 0 aromatic carbocycles. The Hall–Kier alpha value is -1.78. The van der Waals surface area contributed by atoms with Crippen LogP contribution in [0.5, 0.6) is 0 Å². The normalized spacial score (nSPS) is 14.9. The van der Waals surface area contributed by atoms with Gasteiger partial charge in [-0.25, -0.2) is 4.68 Å². The molecule has 1 saturated carbocycles.